The topological polar surface area (TPSA) is 58.6 Å². The van der Waals surface area contributed by atoms with Gasteiger partial charge in [0, 0.05) is 6.00 Å². The highest BCUT2D eigenvalue weighted by Crippen LogP contribution is 2.20. The minimum Gasteiger partial charge on any atom is -0.566 e. The maximum absolute atomic E-state index is 9.97. The third-order valence-electron chi connectivity index (χ3n) is 1.51. The van der Waals surface area contributed by atoms with E-state index < -0.39 is 8.25 Å². The van der Waals surface area contributed by atoms with Crippen molar-refractivity contribution in [1.82, 2.24) is 0 Å². The molecule has 11 heavy (non-hydrogen) atoms. The summed E-state index contributed by atoms with van der Waals surface area (Å²) in [6, 6.07) is -0.256. The highest BCUT2D eigenvalue weighted by Gasteiger charge is 2.23. The lowest BCUT2D eigenvalue weighted by Crippen LogP contribution is -2.16. The predicted octanol–water partition coefficient (Wildman–Crippen LogP) is -0.306. The summed E-state index contributed by atoms with van der Waals surface area (Å²) in [7, 11) is 2.65. The van der Waals surface area contributed by atoms with Gasteiger partial charge in [-0.3, -0.25) is 0 Å². The van der Waals surface area contributed by atoms with E-state index >= 15 is 0 Å². The monoisotopic (exact) mass is 174 g/mol. The van der Waals surface area contributed by atoms with Gasteiger partial charge in [-0.15, -0.1) is 4.52 Å². The van der Waals surface area contributed by atoms with Gasteiger partial charge < -0.3 is 9.63 Å². The molecule has 1 aliphatic heterocycles. The normalized spacial score (nSPS) is 32.3. The molecular weight excluding hydrogens is 166 g/mol. The molecule has 1 aliphatic rings. The van der Waals surface area contributed by atoms with Gasteiger partial charge in [0.05, 0.1) is 6.10 Å². The Bertz CT molecular complexity index is 153. The van der Waals surface area contributed by atoms with Crippen LogP contribution < -0.4 is 4.89 Å². The molecule has 1 heterocycles. The summed E-state index contributed by atoms with van der Waals surface area (Å²) in [6.07, 6.45) is 1.38. The maximum Gasteiger partial charge on any atom is 0.488 e. The first-order chi connectivity index (χ1) is 5.18. The van der Waals surface area contributed by atoms with Crippen LogP contribution in [0.15, 0.2) is 0 Å². The van der Waals surface area contributed by atoms with Gasteiger partial charge in [-0.1, -0.05) is 0 Å². The molecule has 3 unspecified atom stereocenters. The quantitative estimate of drug-likeness (QED) is 0.435. The minimum atomic E-state index is -2.75. The first-order valence-corrected chi connectivity index (χ1v) is 4.46. The van der Waals surface area contributed by atoms with Gasteiger partial charge in [-0.05, 0) is 17.4 Å². The lowest BCUT2D eigenvalue weighted by atomic mass is 9.97. The number of rotatable bonds is 3. The Kier molecular flexibility index (Phi) is 3.46. The first kappa shape index (κ1) is 9.14. The van der Waals surface area contributed by atoms with Crippen LogP contribution in [0.2, 0.25) is 0 Å². The summed E-state index contributed by atoms with van der Waals surface area (Å²) in [5, 5.41) is 0. The van der Waals surface area contributed by atoms with E-state index in [2.05, 4.69) is 4.52 Å². The Hall–Kier alpha value is 0.0449. The number of hydrogen-bond donors (Lipinski definition) is 0. The summed E-state index contributed by atoms with van der Waals surface area (Å²) >= 11 is 0. The van der Waals surface area contributed by atoms with E-state index in [0.29, 0.717) is 0 Å². The molecule has 4 nitrogen and oxygen atoms in total. The Labute approximate surface area is 67.2 Å². The highest BCUT2D eigenvalue weighted by molar-refractivity contribution is 7.30. The molecule has 1 fully saturated rings. The summed E-state index contributed by atoms with van der Waals surface area (Å²) in [5.74, 6) is 0. The van der Waals surface area contributed by atoms with Crippen LogP contribution in [0.4, 0.5) is 0 Å². The van der Waals surface area contributed by atoms with Crippen LogP contribution in [0, 0.1) is 0 Å². The van der Waals surface area contributed by atoms with Crippen LogP contribution >= 0.6 is 8.25 Å². The van der Waals surface area contributed by atoms with Crippen molar-refractivity contribution in [3.05, 3.63) is 0 Å². The highest BCUT2D eigenvalue weighted by atomic mass is 31.1. The van der Waals surface area contributed by atoms with E-state index in [1.54, 1.807) is 0 Å². The Balaban J connectivity index is 2.13. The van der Waals surface area contributed by atoms with Gasteiger partial charge in [0.15, 0.2) is 0 Å². The molecule has 0 aromatic heterocycles. The zero-order chi connectivity index (χ0) is 8.27. The van der Waals surface area contributed by atoms with Crippen LogP contribution in [0.5, 0.6) is 0 Å². The summed E-state index contributed by atoms with van der Waals surface area (Å²) in [6.45, 7) is 0.0897. The lowest BCUT2D eigenvalue weighted by molar-refractivity contribution is -0.187. The van der Waals surface area contributed by atoms with Crippen molar-refractivity contribution in [1.29, 1.82) is 0 Å². The van der Waals surface area contributed by atoms with Crippen molar-refractivity contribution in [2.45, 2.75) is 24.9 Å². The van der Waals surface area contributed by atoms with E-state index in [1.165, 1.54) is 0 Å². The smallest absolute Gasteiger partial charge is 0.488 e. The van der Waals surface area contributed by atoms with Crippen molar-refractivity contribution < 1.29 is 18.7 Å². The minimum absolute atomic E-state index is 0.0897. The van der Waals surface area contributed by atoms with Crippen molar-refractivity contribution in [3.63, 3.8) is 0 Å². The molecule has 0 spiro atoms. The van der Waals surface area contributed by atoms with E-state index in [4.69, 9.17) is 12.6 Å². The van der Waals surface area contributed by atoms with E-state index in [9.17, 15) is 9.46 Å². The second-order valence-corrected chi connectivity index (χ2v) is 3.10. The molecule has 0 bridgehead atoms. The SMILES string of the molecule is [B]C1CCC(CO[P+](=O)[O-])O1. The molecule has 1 saturated heterocycles. The van der Waals surface area contributed by atoms with Crippen LogP contribution in [0.3, 0.4) is 0 Å². The number of ether oxygens (including phenoxy) is 1. The van der Waals surface area contributed by atoms with E-state index in [1.807, 2.05) is 0 Å². The molecule has 1 rings (SSSR count). The fraction of sp³-hybridized carbons (Fsp3) is 1.00. The van der Waals surface area contributed by atoms with Crippen molar-refractivity contribution in [2.24, 2.45) is 0 Å². The van der Waals surface area contributed by atoms with Crippen molar-refractivity contribution >= 4 is 16.1 Å². The van der Waals surface area contributed by atoms with Crippen LogP contribution in [-0.2, 0) is 13.8 Å². The van der Waals surface area contributed by atoms with Gasteiger partial charge in [0.2, 0.25) is 0 Å². The molecule has 0 amide bonds. The molecule has 0 aliphatic carbocycles. The van der Waals surface area contributed by atoms with Crippen LogP contribution in [-0.4, -0.2) is 26.6 Å². The van der Waals surface area contributed by atoms with Crippen molar-refractivity contribution in [3.8, 4) is 0 Å². The van der Waals surface area contributed by atoms with Gasteiger partial charge in [0.1, 0.15) is 14.5 Å². The molecule has 60 valence electrons. The second-order valence-electron chi connectivity index (χ2n) is 2.39. The lowest BCUT2D eigenvalue weighted by Gasteiger charge is -2.06. The standard InChI is InChI=1S/C5H8BO4P/c6-5-2-1-4(10-5)3-9-11(7)8/h4-5H,1-3H2. The molecule has 6 heteroatoms. The van der Waals surface area contributed by atoms with E-state index in [0.717, 1.165) is 12.8 Å². The molecular formula is C5H8BO4P. The van der Waals surface area contributed by atoms with Gasteiger partial charge in [0.25, 0.3) is 0 Å². The third kappa shape index (κ3) is 3.30. The van der Waals surface area contributed by atoms with Crippen molar-refractivity contribution in [2.75, 3.05) is 6.61 Å². The summed E-state index contributed by atoms with van der Waals surface area (Å²) < 4.78 is 19.4. The average Bonchev–Trinajstić information content (AvgIpc) is 2.31. The second kappa shape index (κ2) is 4.17. The molecule has 2 radical (unpaired) electrons. The zero-order valence-electron chi connectivity index (χ0n) is 5.93. The van der Waals surface area contributed by atoms with Gasteiger partial charge >= 0.3 is 8.25 Å². The zero-order valence-corrected chi connectivity index (χ0v) is 6.83. The largest absolute Gasteiger partial charge is 0.566 e. The Morgan fingerprint density at radius 3 is 2.91 bits per heavy atom. The first-order valence-electron chi connectivity index (χ1n) is 3.37. The summed E-state index contributed by atoms with van der Waals surface area (Å²) in [5.41, 5.74) is 0. The average molecular weight is 174 g/mol. The van der Waals surface area contributed by atoms with E-state index in [-0.39, 0.29) is 18.7 Å². The molecule has 0 aromatic rings. The molecule has 3 atom stereocenters. The molecule has 0 saturated carbocycles. The van der Waals surface area contributed by atoms with Crippen LogP contribution in [0.1, 0.15) is 12.8 Å². The molecule has 0 N–H and O–H groups in total. The third-order valence-corrected chi connectivity index (χ3v) is 1.87. The predicted molar refractivity (Wildman–Crippen MR) is 37.2 cm³/mol. The van der Waals surface area contributed by atoms with Gasteiger partial charge in [-0.2, -0.15) is 0 Å². The summed E-state index contributed by atoms with van der Waals surface area (Å²) in [4.78, 5) is 9.97. The Morgan fingerprint density at radius 2 is 2.45 bits per heavy atom. The van der Waals surface area contributed by atoms with Gasteiger partial charge in [-0.25, -0.2) is 0 Å². The Morgan fingerprint density at radius 1 is 1.73 bits per heavy atom. The maximum atomic E-state index is 9.97. The fourth-order valence-electron chi connectivity index (χ4n) is 1.00. The molecule has 0 aromatic carbocycles. The fourth-order valence-corrected chi connectivity index (χ4v) is 1.29. The van der Waals surface area contributed by atoms with Crippen LogP contribution in [0.25, 0.3) is 0 Å². The number of hydrogen-bond acceptors (Lipinski definition) is 4.